The maximum Gasteiger partial charge on any atom is 0.161 e. The number of aromatic nitrogens is 2. The topological polar surface area (TPSA) is 44.2 Å². The molecule has 0 radical (unpaired) electrons. The van der Waals surface area contributed by atoms with Crippen LogP contribution >= 0.6 is 0 Å². The van der Waals surface area contributed by atoms with E-state index in [1.807, 2.05) is 18.2 Å². The standard InChI is InChI=1S/C21H30N2O2/c1-4-6-7-8-13-24-20-10-9-18(19-15-22-11-12-23-19)14-21(20)25-16-17(3)5-2/h9-12,14-15,17H,4-8,13,16H2,1-3H3. The van der Waals surface area contributed by atoms with E-state index in [0.29, 0.717) is 12.5 Å². The van der Waals surface area contributed by atoms with Gasteiger partial charge in [-0.25, -0.2) is 0 Å². The van der Waals surface area contributed by atoms with E-state index in [0.717, 1.165) is 42.2 Å². The van der Waals surface area contributed by atoms with Gasteiger partial charge in [0.25, 0.3) is 0 Å². The van der Waals surface area contributed by atoms with Gasteiger partial charge in [-0.15, -0.1) is 0 Å². The highest BCUT2D eigenvalue weighted by molar-refractivity contribution is 5.63. The van der Waals surface area contributed by atoms with E-state index >= 15 is 0 Å². The summed E-state index contributed by atoms with van der Waals surface area (Å²) in [7, 11) is 0. The normalized spacial score (nSPS) is 12.0. The number of ether oxygens (including phenoxy) is 2. The molecule has 0 N–H and O–H groups in total. The molecule has 1 unspecified atom stereocenters. The molecule has 0 bridgehead atoms. The molecule has 1 atom stereocenters. The van der Waals surface area contributed by atoms with Crippen LogP contribution in [0.4, 0.5) is 0 Å². The van der Waals surface area contributed by atoms with Gasteiger partial charge in [-0.2, -0.15) is 0 Å². The molecule has 0 spiro atoms. The summed E-state index contributed by atoms with van der Waals surface area (Å²) in [6.45, 7) is 8.00. The first-order valence-electron chi connectivity index (χ1n) is 9.40. The highest BCUT2D eigenvalue weighted by Crippen LogP contribution is 2.32. The molecule has 2 rings (SSSR count). The zero-order valence-electron chi connectivity index (χ0n) is 15.7. The number of hydrogen-bond acceptors (Lipinski definition) is 4. The van der Waals surface area contributed by atoms with E-state index in [9.17, 15) is 0 Å². The zero-order chi connectivity index (χ0) is 17.9. The number of benzene rings is 1. The summed E-state index contributed by atoms with van der Waals surface area (Å²) < 4.78 is 12.0. The third-order valence-corrected chi connectivity index (χ3v) is 4.28. The second-order valence-electron chi connectivity index (χ2n) is 6.49. The van der Waals surface area contributed by atoms with E-state index in [4.69, 9.17) is 9.47 Å². The fourth-order valence-electron chi connectivity index (χ4n) is 2.41. The number of hydrogen-bond donors (Lipinski definition) is 0. The van der Waals surface area contributed by atoms with Crippen molar-refractivity contribution in [2.24, 2.45) is 5.92 Å². The monoisotopic (exact) mass is 342 g/mol. The first-order chi connectivity index (χ1) is 12.2. The Balaban J connectivity index is 2.10. The van der Waals surface area contributed by atoms with Crippen LogP contribution in [0.3, 0.4) is 0 Å². The molecule has 2 aromatic rings. The van der Waals surface area contributed by atoms with Crippen LogP contribution in [0.5, 0.6) is 11.5 Å². The fraction of sp³-hybridized carbons (Fsp3) is 0.524. The van der Waals surface area contributed by atoms with Gasteiger partial charge in [-0.1, -0.05) is 46.5 Å². The molecule has 0 aliphatic carbocycles. The summed E-state index contributed by atoms with van der Waals surface area (Å²) in [6.07, 6.45) is 11.0. The molecule has 1 aromatic carbocycles. The van der Waals surface area contributed by atoms with Crippen LogP contribution in [0, 0.1) is 5.92 Å². The third-order valence-electron chi connectivity index (χ3n) is 4.28. The lowest BCUT2D eigenvalue weighted by atomic mass is 10.1. The molecule has 0 saturated carbocycles. The first kappa shape index (κ1) is 19.2. The summed E-state index contributed by atoms with van der Waals surface area (Å²) in [5.74, 6) is 2.11. The lowest BCUT2D eigenvalue weighted by Crippen LogP contribution is -2.09. The molecule has 0 aliphatic rings. The number of unbranched alkanes of at least 4 members (excludes halogenated alkanes) is 3. The fourth-order valence-corrected chi connectivity index (χ4v) is 2.41. The van der Waals surface area contributed by atoms with Crippen LogP contribution in [0.2, 0.25) is 0 Å². The number of nitrogens with zero attached hydrogens (tertiary/aromatic N) is 2. The van der Waals surface area contributed by atoms with Crippen molar-refractivity contribution < 1.29 is 9.47 Å². The Bertz CT molecular complexity index is 617. The lowest BCUT2D eigenvalue weighted by Gasteiger charge is -2.16. The van der Waals surface area contributed by atoms with E-state index in [1.54, 1.807) is 18.6 Å². The molecule has 0 saturated heterocycles. The summed E-state index contributed by atoms with van der Waals surface area (Å²) in [4.78, 5) is 8.51. The van der Waals surface area contributed by atoms with Crippen molar-refractivity contribution in [3.63, 3.8) is 0 Å². The van der Waals surface area contributed by atoms with Gasteiger partial charge < -0.3 is 9.47 Å². The Kier molecular flexibility index (Phi) is 8.23. The van der Waals surface area contributed by atoms with E-state index in [2.05, 4.69) is 30.7 Å². The maximum atomic E-state index is 6.06. The van der Waals surface area contributed by atoms with Gasteiger partial charge in [0.2, 0.25) is 0 Å². The molecule has 1 aromatic heterocycles. The SMILES string of the molecule is CCCCCCOc1ccc(-c2cnccn2)cc1OCC(C)CC. The third kappa shape index (κ3) is 6.37. The maximum absolute atomic E-state index is 6.06. The molecule has 25 heavy (non-hydrogen) atoms. The largest absolute Gasteiger partial charge is 0.490 e. The lowest BCUT2D eigenvalue weighted by molar-refractivity contribution is 0.232. The van der Waals surface area contributed by atoms with Gasteiger partial charge >= 0.3 is 0 Å². The summed E-state index contributed by atoms with van der Waals surface area (Å²) >= 11 is 0. The molecular formula is C21H30N2O2. The van der Waals surface area contributed by atoms with E-state index < -0.39 is 0 Å². The van der Waals surface area contributed by atoms with Crippen molar-refractivity contribution in [3.8, 4) is 22.8 Å². The molecule has 1 heterocycles. The summed E-state index contributed by atoms with van der Waals surface area (Å²) in [5, 5.41) is 0. The Labute approximate surface area is 151 Å². The van der Waals surface area contributed by atoms with Gasteiger partial charge in [-0.05, 0) is 30.5 Å². The van der Waals surface area contributed by atoms with Gasteiger partial charge in [0, 0.05) is 18.0 Å². The Hall–Kier alpha value is -2.10. The minimum Gasteiger partial charge on any atom is -0.490 e. The molecule has 0 amide bonds. The van der Waals surface area contributed by atoms with Crippen LogP contribution in [0.25, 0.3) is 11.3 Å². The molecule has 0 fully saturated rings. The highest BCUT2D eigenvalue weighted by atomic mass is 16.5. The van der Waals surface area contributed by atoms with Crippen LogP contribution in [0.1, 0.15) is 52.9 Å². The Morgan fingerprint density at radius 1 is 1.00 bits per heavy atom. The van der Waals surface area contributed by atoms with Crippen molar-refractivity contribution in [3.05, 3.63) is 36.8 Å². The number of rotatable bonds is 11. The molecular weight excluding hydrogens is 312 g/mol. The van der Waals surface area contributed by atoms with E-state index in [-0.39, 0.29) is 0 Å². The Morgan fingerprint density at radius 2 is 1.88 bits per heavy atom. The predicted octanol–water partition coefficient (Wildman–Crippen LogP) is 5.53. The molecule has 136 valence electrons. The second kappa shape index (κ2) is 10.7. The van der Waals surface area contributed by atoms with Gasteiger partial charge in [0.15, 0.2) is 11.5 Å². The van der Waals surface area contributed by atoms with Gasteiger partial charge in [0.1, 0.15) is 0 Å². The summed E-state index contributed by atoms with van der Waals surface area (Å²) in [5.41, 5.74) is 1.83. The van der Waals surface area contributed by atoms with Crippen molar-refractivity contribution in [1.82, 2.24) is 9.97 Å². The van der Waals surface area contributed by atoms with Crippen LogP contribution in [-0.4, -0.2) is 23.2 Å². The van der Waals surface area contributed by atoms with Crippen LogP contribution < -0.4 is 9.47 Å². The zero-order valence-corrected chi connectivity index (χ0v) is 15.7. The smallest absolute Gasteiger partial charge is 0.161 e. The van der Waals surface area contributed by atoms with E-state index in [1.165, 1.54) is 19.3 Å². The van der Waals surface area contributed by atoms with Crippen molar-refractivity contribution in [1.29, 1.82) is 0 Å². The first-order valence-corrected chi connectivity index (χ1v) is 9.40. The van der Waals surface area contributed by atoms with Gasteiger partial charge in [0.05, 0.1) is 25.1 Å². The summed E-state index contributed by atoms with van der Waals surface area (Å²) in [6, 6.07) is 6.01. The predicted molar refractivity (Wildman–Crippen MR) is 102 cm³/mol. The second-order valence-corrected chi connectivity index (χ2v) is 6.49. The quantitative estimate of drug-likeness (QED) is 0.504. The molecule has 0 aliphatic heterocycles. The Morgan fingerprint density at radius 3 is 2.60 bits per heavy atom. The molecule has 4 heteroatoms. The van der Waals surface area contributed by atoms with Crippen LogP contribution in [-0.2, 0) is 0 Å². The highest BCUT2D eigenvalue weighted by Gasteiger charge is 2.10. The van der Waals surface area contributed by atoms with Crippen molar-refractivity contribution in [2.45, 2.75) is 52.9 Å². The van der Waals surface area contributed by atoms with Crippen molar-refractivity contribution in [2.75, 3.05) is 13.2 Å². The van der Waals surface area contributed by atoms with Gasteiger partial charge in [-0.3, -0.25) is 9.97 Å². The van der Waals surface area contributed by atoms with Crippen LogP contribution in [0.15, 0.2) is 36.8 Å². The average Bonchev–Trinajstić information content (AvgIpc) is 2.67. The molecule has 4 nitrogen and oxygen atoms in total. The minimum atomic E-state index is 0.512. The average molecular weight is 342 g/mol. The van der Waals surface area contributed by atoms with Crippen molar-refractivity contribution >= 4 is 0 Å². The minimum absolute atomic E-state index is 0.512.